The molecule has 0 radical (unpaired) electrons. The summed E-state index contributed by atoms with van der Waals surface area (Å²) in [6, 6.07) is 9.20. The Bertz CT molecular complexity index is 1190. The lowest BCUT2D eigenvalue weighted by Gasteiger charge is -2.45. The molecule has 0 spiro atoms. The smallest absolute Gasteiger partial charge is 0.282 e. The van der Waals surface area contributed by atoms with Gasteiger partial charge in [-0.25, -0.2) is 10.5 Å². The number of benzene rings is 1. The second-order valence-corrected chi connectivity index (χ2v) is 10.4. The molecule has 1 aliphatic carbocycles. The van der Waals surface area contributed by atoms with Gasteiger partial charge in [-0.2, -0.15) is 5.10 Å². The lowest BCUT2D eigenvalue weighted by molar-refractivity contribution is 0.0497. The summed E-state index contributed by atoms with van der Waals surface area (Å²) in [6.45, 7) is -0.142. The lowest BCUT2D eigenvalue weighted by atomic mass is 9.89. The van der Waals surface area contributed by atoms with E-state index in [1.165, 1.54) is 57.8 Å². The van der Waals surface area contributed by atoms with Crippen molar-refractivity contribution in [2.75, 3.05) is 6.54 Å². The number of rotatable bonds is 5. The third-order valence-electron chi connectivity index (χ3n) is 8.32. The fraction of sp³-hybridized carbons (Fsp3) is 0.615. The number of nitrogens with one attached hydrogen (secondary N) is 2. The third-order valence-corrected chi connectivity index (χ3v) is 8.32. The van der Waals surface area contributed by atoms with Crippen LogP contribution < -0.4 is 16.7 Å². The number of nitrogens with zero attached hydrogens (tertiary/aromatic N) is 5. The number of amides is 1. The predicted octanol–water partition coefficient (Wildman–Crippen LogP) is 3.71. The minimum absolute atomic E-state index is 0.0312. The first-order chi connectivity index (χ1) is 17.6. The van der Waals surface area contributed by atoms with Crippen LogP contribution in [-0.2, 0) is 0 Å². The van der Waals surface area contributed by atoms with Crippen molar-refractivity contribution in [3.8, 4) is 0 Å². The zero-order chi connectivity index (χ0) is 25.1. The van der Waals surface area contributed by atoms with E-state index in [-0.39, 0.29) is 29.7 Å². The van der Waals surface area contributed by atoms with E-state index >= 15 is 0 Å². The topological polar surface area (TPSA) is 142 Å². The molecular formula is C26H36N8O2. The number of nitrogens with two attached hydrogens (primary N) is 1. The summed E-state index contributed by atoms with van der Waals surface area (Å²) < 4.78 is 1.82. The van der Waals surface area contributed by atoms with Crippen molar-refractivity contribution in [3.05, 3.63) is 40.3 Å². The Balaban J connectivity index is 1.44. The number of fused-ring (bicyclic) bond motifs is 3. The van der Waals surface area contributed by atoms with Gasteiger partial charge in [0, 0.05) is 24.2 Å². The summed E-state index contributed by atoms with van der Waals surface area (Å²) >= 11 is 0. The van der Waals surface area contributed by atoms with E-state index in [9.17, 15) is 9.59 Å². The number of piperidine rings is 1. The van der Waals surface area contributed by atoms with Crippen LogP contribution in [-0.4, -0.2) is 50.9 Å². The van der Waals surface area contributed by atoms with Crippen LogP contribution in [0.5, 0.6) is 0 Å². The van der Waals surface area contributed by atoms with Gasteiger partial charge in [0.15, 0.2) is 11.5 Å². The van der Waals surface area contributed by atoms with Crippen molar-refractivity contribution in [2.24, 2.45) is 16.1 Å². The molecule has 1 saturated carbocycles. The number of hydrazone groups is 1. The van der Waals surface area contributed by atoms with Gasteiger partial charge in [0.1, 0.15) is 0 Å². The SMILES string of the molecule is N=N/C(CNC(=O)c1nc2ccccc2n(C2CC3CCC(C2)N3C2CCCCCCC2)c1=O)=N\N. The van der Waals surface area contributed by atoms with Crippen LogP contribution in [0.15, 0.2) is 39.3 Å². The molecule has 2 unspecified atom stereocenters. The lowest BCUT2D eigenvalue weighted by Crippen LogP contribution is -2.50. The average Bonchev–Trinajstić information content (AvgIpc) is 3.12. The second-order valence-electron chi connectivity index (χ2n) is 10.4. The van der Waals surface area contributed by atoms with E-state index in [0.29, 0.717) is 23.6 Å². The summed E-state index contributed by atoms with van der Waals surface area (Å²) in [4.78, 5) is 33.9. The van der Waals surface area contributed by atoms with Crippen molar-refractivity contribution in [3.63, 3.8) is 0 Å². The van der Waals surface area contributed by atoms with Crippen molar-refractivity contribution in [1.82, 2.24) is 19.8 Å². The molecule has 2 aliphatic heterocycles. The monoisotopic (exact) mass is 492 g/mol. The molecular weight excluding hydrogens is 456 g/mol. The standard InChI is InChI=1S/C26H36N8O2/c27-31-23(32-28)16-29-25(35)24-26(36)34(22-11-7-6-10-21(22)30-24)20-14-18-12-13-19(15-20)33(18)17-8-4-2-1-3-5-9-17/h6-7,10-11,17-20,27H,1-5,8-9,12-16,28H2,(H,29,35)/b31-27?,32-23-. The molecule has 10 heteroatoms. The molecule has 3 fully saturated rings. The van der Waals surface area contributed by atoms with E-state index in [1.807, 2.05) is 28.8 Å². The largest absolute Gasteiger partial charge is 0.343 e. The Kier molecular flexibility index (Phi) is 7.41. The minimum atomic E-state index is -0.612. The number of para-hydroxylation sites is 2. The van der Waals surface area contributed by atoms with Crippen LogP contribution in [0.25, 0.3) is 11.0 Å². The zero-order valence-electron chi connectivity index (χ0n) is 20.7. The summed E-state index contributed by atoms with van der Waals surface area (Å²) in [7, 11) is 0. The van der Waals surface area contributed by atoms with Gasteiger partial charge in [0.05, 0.1) is 17.6 Å². The highest BCUT2D eigenvalue weighted by Crippen LogP contribution is 2.44. The van der Waals surface area contributed by atoms with Crippen LogP contribution >= 0.6 is 0 Å². The first-order valence-corrected chi connectivity index (χ1v) is 13.3. The normalized spacial score (nSPS) is 25.9. The Morgan fingerprint density at radius 3 is 2.33 bits per heavy atom. The van der Waals surface area contributed by atoms with Crippen LogP contribution in [0.3, 0.4) is 0 Å². The van der Waals surface area contributed by atoms with Crippen molar-refractivity contribution in [2.45, 2.75) is 94.8 Å². The molecule has 1 amide bonds. The molecule has 2 aromatic rings. The minimum Gasteiger partial charge on any atom is -0.343 e. The highest BCUT2D eigenvalue weighted by Gasteiger charge is 2.44. The first-order valence-electron chi connectivity index (χ1n) is 13.3. The number of hydrogen-bond donors (Lipinski definition) is 3. The van der Waals surface area contributed by atoms with Crippen LogP contribution in [0, 0.1) is 5.53 Å². The van der Waals surface area contributed by atoms with Crippen LogP contribution in [0.4, 0.5) is 0 Å². The average molecular weight is 493 g/mol. The van der Waals surface area contributed by atoms with Gasteiger partial charge in [-0.15, -0.1) is 5.11 Å². The number of amidine groups is 1. The third kappa shape index (κ3) is 4.78. The Hall–Kier alpha value is -3.14. The van der Waals surface area contributed by atoms with Crippen LogP contribution in [0.1, 0.15) is 87.2 Å². The Morgan fingerprint density at radius 2 is 1.67 bits per heavy atom. The van der Waals surface area contributed by atoms with Gasteiger partial charge in [0.25, 0.3) is 11.5 Å². The molecule has 3 heterocycles. The van der Waals surface area contributed by atoms with E-state index < -0.39 is 5.91 Å². The van der Waals surface area contributed by atoms with E-state index in [2.05, 4.69) is 25.4 Å². The maximum Gasteiger partial charge on any atom is 0.282 e. The Labute approximate surface area is 210 Å². The maximum atomic E-state index is 13.7. The van der Waals surface area contributed by atoms with E-state index in [0.717, 1.165) is 18.4 Å². The fourth-order valence-electron chi connectivity index (χ4n) is 6.75. The molecule has 1 aromatic carbocycles. The van der Waals surface area contributed by atoms with Gasteiger partial charge < -0.3 is 15.7 Å². The van der Waals surface area contributed by atoms with Gasteiger partial charge in [-0.05, 0) is 50.7 Å². The number of carbonyl (C=O) groups excluding carboxylic acids is 1. The van der Waals surface area contributed by atoms with Gasteiger partial charge >= 0.3 is 0 Å². The van der Waals surface area contributed by atoms with E-state index in [1.54, 1.807) is 0 Å². The zero-order valence-corrected chi connectivity index (χ0v) is 20.7. The van der Waals surface area contributed by atoms with E-state index in [4.69, 9.17) is 11.4 Å². The predicted molar refractivity (Wildman–Crippen MR) is 138 cm³/mol. The Morgan fingerprint density at radius 1 is 1.00 bits per heavy atom. The summed E-state index contributed by atoms with van der Waals surface area (Å²) in [5, 5.41) is 9.10. The second kappa shape index (κ2) is 10.9. The molecule has 192 valence electrons. The summed E-state index contributed by atoms with van der Waals surface area (Å²) in [6.07, 6.45) is 13.5. The molecule has 1 aromatic heterocycles. The molecule has 2 saturated heterocycles. The molecule has 10 nitrogen and oxygen atoms in total. The van der Waals surface area contributed by atoms with Crippen molar-refractivity contribution >= 4 is 22.8 Å². The number of aromatic nitrogens is 2. The fourth-order valence-corrected chi connectivity index (χ4v) is 6.75. The van der Waals surface area contributed by atoms with Crippen molar-refractivity contribution < 1.29 is 4.79 Å². The molecule has 2 atom stereocenters. The number of hydrogen-bond acceptors (Lipinski definition) is 7. The number of carbonyl (C=O) groups is 1. The molecule has 36 heavy (non-hydrogen) atoms. The van der Waals surface area contributed by atoms with Gasteiger partial charge in [-0.1, -0.05) is 44.2 Å². The maximum absolute atomic E-state index is 13.7. The molecule has 4 N–H and O–H groups in total. The first kappa shape index (κ1) is 24.5. The molecule has 5 rings (SSSR count). The highest BCUT2D eigenvalue weighted by molar-refractivity contribution is 5.96. The highest BCUT2D eigenvalue weighted by atomic mass is 16.2. The summed E-state index contributed by atoms with van der Waals surface area (Å²) in [5.41, 5.74) is 7.93. The van der Waals surface area contributed by atoms with Crippen molar-refractivity contribution in [1.29, 1.82) is 5.53 Å². The summed E-state index contributed by atoms with van der Waals surface area (Å²) in [5.74, 6) is 4.53. The van der Waals surface area contributed by atoms with Gasteiger partial charge in [-0.3, -0.25) is 14.5 Å². The quantitative estimate of drug-likeness (QED) is 0.192. The van der Waals surface area contributed by atoms with Gasteiger partial charge in [0.2, 0.25) is 0 Å². The molecule has 2 bridgehead atoms. The molecule has 3 aliphatic rings. The van der Waals surface area contributed by atoms with Crippen LogP contribution in [0.2, 0.25) is 0 Å².